The molecule has 0 saturated heterocycles. The normalized spacial score (nSPS) is 11.7. The summed E-state index contributed by atoms with van der Waals surface area (Å²) in [5, 5.41) is 13.2. The van der Waals surface area contributed by atoms with Crippen molar-refractivity contribution in [1.82, 2.24) is 5.32 Å². The molecule has 0 unspecified atom stereocenters. The molecule has 10 heteroatoms. The van der Waals surface area contributed by atoms with E-state index in [1.807, 2.05) is 0 Å². The van der Waals surface area contributed by atoms with Gasteiger partial charge in [0.15, 0.2) is 17.6 Å². The number of methoxy groups -OCH3 is 2. The average molecular weight is 404 g/mol. The number of amides is 1. The molecule has 0 aliphatic rings. The SMILES string of the molecule is COc1ccc(CNC(=O)[C@H](C)OC(=O)/C=C/c2ccc([N+](=O)[O-])o2)cc1OC. The van der Waals surface area contributed by atoms with E-state index in [9.17, 15) is 19.7 Å². The van der Waals surface area contributed by atoms with E-state index in [4.69, 9.17) is 18.6 Å². The lowest BCUT2D eigenvalue weighted by atomic mass is 10.2. The van der Waals surface area contributed by atoms with Crippen LogP contribution in [0.2, 0.25) is 0 Å². The van der Waals surface area contributed by atoms with Crippen LogP contribution in [-0.2, 0) is 20.9 Å². The van der Waals surface area contributed by atoms with E-state index in [1.165, 1.54) is 33.3 Å². The molecule has 1 heterocycles. The van der Waals surface area contributed by atoms with Crippen molar-refractivity contribution in [2.75, 3.05) is 14.2 Å². The molecule has 10 nitrogen and oxygen atoms in total. The second-order valence-electron chi connectivity index (χ2n) is 5.75. The van der Waals surface area contributed by atoms with E-state index in [0.29, 0.717) is 11.5 Å². The van der Waals surface area contributed by atoms with Crippen LogP contribution >= 0.6 is 0 Å². The number of esters is 1. The molecule has 0 aliphatic heterocycles. The molecule has 0 saturated carbocycles. The largest absolute Gasteiger partial charge is 0.493 e. The van der Waals surface area contributed by atoms with Crippen LogP contribution in [0, 0.1) is 10.1 Å². The highest BCUT2D eigenvalue weighted by atomic mass is 16.6. The van der Waals surface area contributed by atoms with Gasteiger partial charge in [0.2, 0.25) is 0 Å². The predicted octanol–water partition coefficient (Wildman–Crippen LogP) is 2.47. The second-order valence-corrected chi connectivity index (χ2v) is 5.75. The third kappa shape index (κ3) is 6.09. The zero-order chi connectivity index (χ0) is 21.4. The molecule has 1 aromatic carbocycles. The molecular formula is C19H20N2O8. The zero-order valence-electron chi connectivity index (χ0n) is 16.0. The van der Waals surface area contributed by atoms with Gasteiger partial charge in [-0.05, 0) is 36.8 Å². The summed E-state index contributed by atoms with van der Waals surface area (Å²) in [6.45, 7) is 1.63. The van der Waals surface area contributed by atoms with Crippen LogP contribution in [0.25, 0.3) is 6.08 Å². The lowest BCUT2D eigenvalue weighted by Crippen LogP contribution is -2.35. The molecule has 154 valence electrons. The first-order valence-electron chi connectivity index (χ1n) is 8.45. The first-order chi connectivity index (χ1) is 13.8. The van der Waals surface area contributed by atoms with E-state index < -0.39 is 28.8 Å². The topological polar surface area (TPSA) is 130 Å². The summed E-state index contributed by atoms with van der Waals surface area (Å²) >= 11 is 0. The fourth-order valence-electron chi connectivity index (χ4n) is 2.27. The maximum absolute atomic E-state index is 12.1. The lowest BCUT2D eigenvalue weighted by Gasteiger charge is -2.13. The Bertz CT molecular complexity index is 919. The van der Waals surface area contributed by atoms with Gasteiger partial charge in [-0.15, -0.1) is 0 Å². The maximum atomic E-state index is 12.1. The Hall–Kier alpha value is -3.82. The predicted molar refractivity (Wildman–Crippen MR) is 101 cm³/mol. The van der Waals surface area contributed by atoms with Crippen molar-refractivity contribution in [2.45, 2.75) is 19.6 Å². The molecule has 0 bridgehead atoms. The first-order valence-corrected chi connectivity index (χ1v) is 8.45. The number of ether oxygens (including phenoxy) is 3. The lowest BCUT2D eigenvalue weighted by molar-refractivity contribution is -0.402. The molecule has 29 heavy (non-hydrogen) atoms. The van der Waals surface area contributed by atoms with Crippen molar-refractivity contribution in [1.29, 1.82) is 0 Å². The van der Waals surface area contributed by atoms with Crippen molar-refractivity contribution in [3.63, 3.8) is 0 Å². The van der Waals surface area contributed by atoms with Gasteiger partial charge in [0.05, 0.1) is 20.3 Å². The summed E-state index contributed by atoms with van der Waals surface area (Å²) < 4.78 is 20.2. The summed E-state index contributed by atoms with van der Waals surface area (Å²) in [6.07, 6.45) is 1.18. The van der Waals surface area contributed by atoms with Crippen LogP contribution in [0.5, 0.6) is 11.5 Å². The average Bonchev–Trinajstić information content (AvgIpc) is 3.19. The Morgan fingerprint density at radius 1 is 1.21 bits per heavy atom. The van der Waals surface area contributed by atoms with E-state index in [0.717, 1.165) is 17.7 Å². The van der Waals surface area contributed by atoms with Crippen LogP contribution in [0.4, 0.5) is 5.88 Å². The highest BCUT2D eigenvalue weighted by Gasteiger charge is 2.17. The van der Waals surface area contributed by atoms with Gasteiger partial charge >= 0.3 is 11.9 Å². The molecule has 0 radical (unpaired) electrons. The summed E-state index contributed by atoms with van der Waals surface area (Å²) in [7, 11) is 3.03. The van der Waals surface area contributed by atoms with Gasteiger partial charge in [-0.25, -0.2) is 4.79 Å². The minimum Gasteiger partial charge on any atom is -0.493 e. The highest BCUT2D eigenvalue weighted by Crippen LogP contribution is 2.27. The minimum absolute atomic E-state index is 0.110. The van der Waals surface area contributed by atoms with E-state index in [2.05, 4.69) is 5.32 Å². The van der Waals surface area contributed by atoms with Crippen LogP contribution < -0.4 is 14.8 Å². The molecule has 1 aromatic heterocycles. The van der Waals surface area contributed by atoms with Gasteiger partial charge in [-0.1, -0.05) is 6.07 Å². The number of nitrogens with zero attached hydrogens (tertiary/aromatic N) is 1. The number of carbonyl (C=O) groups excluding carboxylic acids is 2. The molecule has 0 spiro atoms. The quantitative estimate of drug-likeness (QED) is 0.292. The highest BCUT2D eigenvalue weighted by molar-refractivity contribution is 5.90. The Morgan fingerprint density at radius 2 is 1.93 bits per heavy atom. The Labute approximate surface area is 166 Å². The molecule has 1 atom stereocenters. The third-order valence-electron chi connectivity index (χ3n) is 3.75. The van der Waals surface area contributed by atoms with Crippen molar-refractivity contribution in [2.24, 2.45) is 0 Å². The maximum Gasteiger partial charge on any atom is 0.433 e. The van der Waals surface area contributed by atoms with Crippen molar-refractivity contribution in [3.8, 4) is 11.5 Å². The van der Waals surface area contributed by atoms with Gasteiger partial charge in [0.25, 0.3) is 5.91 Å². The standard InChI is InChI=1S/C19H20N2O8/c1-12(28-18(22)9-6-14-5-8-17(29-14)21(24)25)19(23)20-11-13-4-7-15(26-2)16(10-13)27-3/h4-10,12H,11H2,1-3H3,(H,20,23)/b9-6+/t12-/m0/s1. The van der Waals surface area contributed by atoms with E-state index >= 15 is 0 Å². The second kappa shape index (κ2) is 9.93. The summed E-state index contributed by atoms with van der Waals surface area (Å²) in [6, 6.07) is 7.70. The van der Waals surface area contributed by atoms with Gasteiger partial charge in [0.1, 0.15) is 10.7 Å². The van der Waals surface area contributed by atoms with Gasteiger partial charge in [0, 0.05) is 12.6 Å². The summed E-state index contributed by atoms with van der Waals surface area (Å²) in [5.74, 6) is -0.520. The van der Waals surface area contributed by atoms with Gasteiger partial charge in [-0.2, -0.15) is 0 Å². The number of nitro groups is 1. The number of hydrogen-bond acceptors (Lipinski definition) is 8. The van der Waals surface area contributed by atoms with Crippen molar-refractivity contribution in [3.05, 3.63) is 57.8 Å². The fourth-order valence-corrected chi connectivity index (χ4v) is 2.27. The molecule has 2 aromatic rings. The van der Waals surface area contributed by atoms with E-state index in [-0.39, 0.29) is 12.3 Å². The number of furan rings is 1. The Morgan fingerprint density at radius 3 is 2.55 bits per heavy atom. The Balaban J connectivity index is 1.85. The zero-order valence-corrected chi connectivity index (χ0v) is 16.0. The molecule has 1 N–H and O–H groups in total. The number of benzene rings is 1. The fraction of sp³-hybridized carbons (Fsp3) is 0.263. The van der Waals surface area contributed by atoms with Crippen LogP contribution in [0.3, 0.4) is 0 Å². The minimum atomic E-state index is -1.04. The number of nitrogens with one attached hydrogen (secondary N) is 1. The van der Waals surface area contributed by atoms with Crippen LogP contribution in [0.1, 0.15) is 18.2 Å². The first kappa shape index (κ1) is 21.5. The molecule has 0 fully saturated rings. The summed E-state index contributed by atoms with van der Waals surface area (Å²) in [4.78, 5) is 33.8. The van der Waals surface area contributed by atoms with Gasteiger partial charge < -0.3 is 23.9 Å². The number of rotatable bonds is 9. The van der Waals surface area contributed by atoms with E-state index in [1.54, 1.807) is 18.2 Å². The van der Waals surface area contributed by atoms with Crippen LogP contribution in [-0.4, -0.2) is 37.1 Å². The number of carbonyl (C=O) groups is 2. The van der Waals surface area contributed by atoms with Gasteiger partial charge in [-0.3, -0.25) is 14.9 Å². The van der Waals surface area contributed by atoms with Crippen molar-refractivity contribution >= 4 is 23.8 Å². The third-order valence-corrected chi connectivity index (χ3v) is 3.75. The molecule has 2 rings (SSSR count). The monoisotopic (exact) mass is 404 g/mol. The summed E-state index contributed by atoms with van der Waals surface area (Å²) in [5.41, 5.74) is 0.772. The smallest absolute Gasteiger partial charge is 0.433 e. The molecule has 0 aliphatic carbocycles. The molecule has 1 amide bonds. The Kier molecular flexibility index (Phi) is 7.35. The van der Waals surface area contributed by atoms with Crippen LogP contribution in [0.15, 0.2) is 40.8 Å². The number of hydrogen-bond donors (Lipinski definition) is 1. The van der Waals surface area contributed by atoms with Crippen molar-refractivity contribution < 1.29 is 33.1 Å². The molecular weight excluding hydrogens is 384 g/mol.